The van der Waals surface area contributed by atoms with Gasteiger partial charge in [-0.15, -0.1) is 11.3 Å². The molecule has 0 unspecified atom stereocenters. The molecule has 0 radical (unpaired) electrons. The molecule has 1 aromatic carbocycles. The number of nitrogens with one attached hydrogen (secondary N) is 1. The van der Waals surface area contributed by atoms with Crippen molar-refractivity contribution in [2.24, 2.45) is 5.73 Å². The fourth-order valence-corrected chi connectivity index (χ4v) is 5.10. The highest BCUT2D eigenvalue weighted by molar-refractivity contribution is 7.22. The fourth-order valence-electron chi connectivity index (χ4n) is 3.93. The van der Waals surface area contributed by atoms with Gasteiger partial charge in [-0.25, -0.2) is 4.98 Å². The van der Waals surface area contributed by atoms with Gasteiger partial charge in [0.2, 0.25) is 0 Å². The van der Waals surface area contributed by atoms with Gasteiger partial charge in [-0.05, 0) is 37.9 Å². The second-order valence-corrected chi connectivity index (χ2v) is 8.19. The standard InChI is InChI=1S/C21H24N4OS/c1-13-17(9-6-10-23-13)25(2)21-15-11-18(14-7-4-3-5-8-14)27-19(15)16(12-24-21)20(22)26/h3-5,7-8,11-13,17,23H,6,9-10H2,1-2H3,(H2,22,26)/t13-,17+/m1/s1. The van der Waals surface area contributed by atoms with E-state index in [-0.39, 0.29) is 0 Å². The average Bonchev–Trinajstić information content (AvgIpc) is 3.13. The predicted molar refractivity (Wildman–Crippen MR) is 112 cm³/mol. The molecule has 5 nitrogen and oxygen atoms in total. The van der Waals surface area contributed by atoms with Gasteiger partial charge in [-0.2, -0.15) is 0 Å². The van der Waals surface area contributed by atoms with E-state index in [0.29, 0.717) is 17.6 Å². The van der Waals surface area contributed by atoms with Crippen molar-refractivity contribution < 1.29 is 4.79 Å². The fraction of sp³-hybridized carbons (Fsp3) is 0.333. The van der Waals surface area contributed by atoms with Crippen molar-refractivity contribution in [2.75, 3.05) is 18.5 Å². The SMILES string of the molecule is C[C@H]1NCCC[C@@H]1N(C)c1ncc(C(N)=O)c2sc(-c3ccccc3)cc12. The van der Waals surface area contributed by atoms with Crippen LogP contribution < -0.4 is 16.0 Å². The molecule has 0 bridgehead atoms. The number of hydrogen-bond acceptors (Lipinski definition) is 5. The number of carbonyl (C=O) groups excluding carboxylic acids is 1. The number of pyridine rings is 1. The number of nitrogens with two attached hydrogens (primary N) is 1. The summed E-state index contributed by atoms with van der Waals surface area (Å²) in [6.45, 7) is 3.28. The maximum Gasteiger partial charge on any atom is 0.251 e. The quantitative estimate of drug-likeness (QED) is 0.725. The number of primary amides is 1. The van der Waals surface area contributed by atoms with Gasteiger partial charge in [0.25, 0.3) is 5.91 Å². The van der Waals surface area contributed by atoms with Crippen molar-refractivity contribution in [2.45, 2.75) is 31.8 Å². The summed E-state index contributed by atoms with van der Waals surface area (Å²) in [6.07, 6.45) is 3.91. The van der Waals surface area contributed by atoms with Crippen LogP contribution in [0.15, 0.2) is 42.6 Å². The number of thiophene rings is 1. The zero-order valence-corrected chi connectivity index (χ0v) is 16.4. The van der Waals surface area contributed by atoms with E-state index >= 15 is 0 Å². The minimum absolute atomic E-state index is 0.369. The Labute approximate surface area is 163 Å². The first kappa shape index (κ1) is 17.9. The van der Waals surface area contributed by atoms with Crippen molar-refractivity contribution in [3.63, 3.8) is 0 Å². The Morgan fingerprint density at radius 2 is 2.11 bits per heavy atom. The van der Waals surface area contributed by atoms with Crippen LogP contribution in [0.1, 0.15) is 30.1 Å². The van der Waals surface area contributed by atoms with Crippen molar-refractivity contribution in [1.29, 1.82) is 0 Å². The Kier molecular flexibility index (Phi) is 4.85. The zero-order valence-electron chi connectivity index (χ0n) is 15.6. The molecule has 6 heteroatoms. The first-order valence-electron chi connectivity index (χ1n) is 9.30. The number of aromatic nitrogens is 1. The third-order valence-electron chi connectivity index (χ3n) is 5.41. The molecule has 27 heavy (non-hydrogen) atoms. The van der Waals surface area contributed by atoms with E-state index in [1.807, 2.05) is 18.2 Å². The number of fused-ring (bicyclic) bond motifs is 1. The molecule has 1 fully saturated rings. The number of anilines is 1. The maximum absolute atomic E-state index is 12.0. The van der Waals surface area contributed by atoms with Gasteiger partial charge < -0.3 is 16.0 Å². The molecule has 0 saturated carbocycles. The summed E-state index contributed by atoms with van der Waals surface area (Å²) in [4.78, 5) is 20.0. The van der Waals surface area contributed by atoms with Crippen LogP contribution in [0.4, 0.5) is 5.82 Å². The van der Waals surface area contributed by atoms with E-state index < -0.39 is 5.91 Å². The molecule has 1 amide bonds. The summed E-state index contributed by atoms with van der Waals surface area (Å²) in [5.74, 6) is 0.477. The Balaban J connectivity index is 1.85. The summed E-state index contributed by atoms with van der Waals surface area (Å²) in [5, 5.41) is 4.55. The average molecular weight is 381 g/mol. The van der Waals surface area contributed by atoms with Crippen LogP contribution in [-0.4, -0.2) is 36.6 Å². The van der Waals surface area contributed by atoms with Gasteiger partial charge in [0, 0.05) is 35.6 Å². The first-order chi connectivity index (χ1) is 13.1. The molecule has 3 heterocycles. The van der Waals surface area contributed by atoms with E-state index in [1.165, 1.54) is 0 Å². The topological polar surface area (TPSA) is 71.2 Å². The van der Waals surface area contributed by atoms with Crippen molar-refractivity contribution in [3.8, 4) is 10.4 Å². The molecule has 140 valence electrons. The monoisotopic (exact) mass is 380 g/mol. The van der Waals surface area contributed by atoms with Crippen LogP contribution in [0.5, 0.6) is 0 Å². The van der Waals surface area contributed by atoms with Crippen LogP contribution in [0.2, 0.25) is 0 Å². The Bertz CT molecular complexity index is 969. The van der Waals surface area contributed by atoms with Crippen molar-refractivity contribution >= 4 is 33.1 Å². The lowest BCUT2D eigenvalue weighted by molar-refractivity contribution is 0.100. The molecule has 1 aliphatic heterocycles. The summed E-state index contributed by atoms with van der Waals surface area (Å²) in [5.41, 5.74) is 7.25. The van der Waals surface area contributed by atoms with Crippen LogP contribution >= 0.6 is 11.3 Å². The first-order valence-corrected chi connectivity index (χ1v) is 10.1. The summed E-state index contributed by atoms with van der Waals surface area (Å²) in [6, 6.07) is 13.1. The van der Waals surface area contributed by atoms with Crippen LogP contribution in [0.3, 0.4) is 0 Å². The Morgan fingerprint density at radius 3 is 2.81 bits per heavy atom. The highest BCUT2D eigenvalue weighted by Crippen LogP contribution is 2.39. The van der Waals surface area contributed by atoms with E-state index in [1.54, 1.807) is 17.5 Å². The number of rotatable bonds is 4. The molecular weight excluding hydrogens is 356 g/mol. The third kappa shape index (κ3) is 3.31. The van der Waals surface area contributed by atoms with Gasteiger partial charge in [0.05, 0.1) is 10.3 Å². The summed E-state index contributed by atoms with van der Waals surface area (Å²) >= 11 is 1.60. The molecule has 0 aliphatic carbocycles. The van der Waals surface area contributed by atoms with Crippen LogP contribution in [0, 0.1) is 0 Å². The molecule has 1 saturated heterocycles. The second kappa shape index (κ2) is 7.29. The number of nitrogens with zero attached hydrogens (tertiary/aromatic N) is 2. The lowest BCUT2D eigenvalue weighted by atomic mass is 9.98. The molecule has 2 aromatic heterocycles. The smallest absolute Gasteiger partial charge is 0.251 e. The molecule has 2 atom stereocenters. The Hall–Kier alpha value is -2.44. The number of piperidine rings is 1. The lowest BCUT2D eigenvalue weighted by Crippen LogP contribution is -2.51. The maximum atomic E-state index is 12.0. The van der Waals surface area contributed by atoms with Gasteiger partial charge in [0.15, 0.2) is 0 Å². The molecule has 4 rings (SSSR count). The van der Waals surface area contributed by atoms with E-state index in [4.69, 9.17) is 5.73 Å². The number of benzene rings is 1. The second-order valence-electron chi connectivity index (χ2n) is 7.14. The third-order valence-corrected chi connectivity index (χ3v) is 6.63. The summed E-state index contributed by atoms with van der Waals surface area (Å²) < 4.78 is 0.912. The minimum atomic E-state index is -0.434. The Morgan fingerprint density at radius 1 is 1.33 bits per heavy atom. The van der Waals surface area contributed by atoms with Crippen molar-refractivity contribution in [3.05, 3.63) is 48.2 Å². The molecule has 3 aromatic rings. The minimum Gasteiger partial charge on any atom is -0.366 e. The summed E-state index contributed by atoms with van der Waals surface area (Å²) in [7, 11) is 2.10. The number of likely N-dealkylation sites (N-methyl/N-ethyl adjacent to an activating group) is 1. The zero-order chi connectivity index (χ0) is 19.0. The predicted octanol–water partition coefficient (Wildman–Crippen LogP) is 3.64. The van der Waals surface area contributed by atoms with Crippen LogP contribution in [0.25, 0.3) is 20.5 Å². The van der Waals surface area contributed by atoms with E-state index in [0.717, 1.165) is 45.7 Å². The van der Waals surface area contributed by atoms with Gasteiger partial charge in [-0.3, -0.25) is 4.79 Å². The number of amides is 1. The molecular formula is C21H24N4OS. The van der Waals surface area contributed by atoms with E-state index in [9.17, 15) is 4.79 Å². The molecule has 3 N–H and O–H groups in total. The largest absolute Gasteiger partial charge is 0.366 e. The van der Waals surface area contributed by atoms with Gasteiger partial charge in [0.1, 0.15) is 5.82 Å². The molecule has 0 spiro atoms. The van der Waals surface area contributed by atoms with Gasteiger partial charge in [-0.1, -0.05) is 30.3 Å². The number of carbonyl (C=O) groups is 1. The van der Waals surface area contributed by atoms with E-state index in [2.05, 4.69) is 47.4 Å². The highest BCUT2D eigenvalue weighted by Gasteiger charge is 2.27. The van der Waals surface area contributed by atoms with Crippen LogP contribution in [-0.2, 0) is 0 Å². The highest BCUT2D eigenvalue weighted by atomic mass is 32.1. The lowest BCUT2D eigenvalue weighted by Gasteiger charge is -2.37. The van der Waals surface area contributed by atoms with Crippen molar-refractivity contribution in [1.82, 2.24) is 10.3 Å². The number of hydrogen-bond donors (Lipinski definition) is 2. The normalized spacial score (nSPS) is 19.9. The molecule has 1 aliphatic rings. The van der Waals surface area contributed by atoms with Gasteiger partial charge >= 0.3 is 0 Å².